The molecule has 0 saturated carbocycles. The lowest BCUT2D eigenvalue weighted by atomic mass is 10.1. The van der Waals surface area contributed by atoms with Crippen LogP contribution in [0.2, 0.25) is 5.02 Å². The van der Waals surface area contributed by atoms with E-state index in [0.29, 0.717) is 42.7 Å². The molecule has 9 heteroatoms. The highest BCUT2D eigenvalue weighted by atomic mass is 35.5. The van der Waals surface area contributed by atoms with E-state index in [2.05, 4.69) is 14.8 Å². The van der Waals surface area contributed by atoms with Gasteiger partial charge in [-0.3, -0.25) is 0 Å². The van der Waals surface area contributed by atoms with Crippen LogP contribution in [-0.2, 0) is 10.0 Å². The molecule has 0 radical (unpaired) electrons. The second-order valence-electron chi connectivity index (χ2n) is 7.97. The van der Waals surface area contributed by atoms with Crippen molar-refractivity contribution in [3.8, 4) is 0 Å². The van der Waals surface area contributed by atoms with E-state index in [1.54, 1.807) is 25.1 Å². The van der Waals surface area contributed by atoms with Gasteiger partial charge < -0.3 is 9.80 Å². The van der Waals surface area contributed by atoms with Crippen molar-refractivity contribution in [3.63, 3.8) is 0 Å². The SMILES string of the molecule is Cc1cc(N2CCCCC2)nc(N2CCN(S(=O)(=O)c3cccc(Cl)c3C)CC2)n1. The zero-order chi connectivity index (χ0) is 21.3. The predicted octanol–water partition coefficient (Wildman–Crippen LogP) is 3.25. The zero-order valence-corrected chi connectivity index (χ0v) is 19.1. The summed E-state index contributed by atoms with van der Waals surface area (Å²) in [5.41, 5.74) is 1.53. The van der Waals surface area contributed by atoms with Crippen molar-refractivity contribution in [3.05, 3.63) is 40.5 Å². The van der Waals surface area contributed by atoms with Crippen LogP contribution >= 0.6 is 11.6 Å². The minimum atomic E-state index is -3.58. The summed E-state index contributed by atoms with van der Waals surface area (Å²) >= 11 is 6.14. The van der Waals surface area contributed by atoms with Crippen LogP contribution in [0.5, 0.6) is 0 Å². The van der Waals surface area contributed by atoms with Gasteiger partial charge in [0.05, 0.1) is 4.90 Å². The first kappa shape index (κ1) is 21.3. The summed E-state index contributed by atoms with van der Waals surface area (Å²) in [5.74, 6) is 1.66. The van der Waals surface area contributed by atoms with Crippen LogP contribution in [0.15, 0.2) is 29.2 Å². The van der Waals surface area contributed by atoms with Gasteiger partial charge in [0.25, 0.3) is 0 Å². The number of hydrogen-bond acceptors (Lipinski definition) is 6. The molecule has 0 bridgehead atoms. The third-order valence-electron chi connectivity index (χ3n) is 5.87. The maximum Gasteiger partial charge on any atom is 0.243 e. The van der Waals surface area contributed by atoms with Gasteiger partial charge >= 0.3 is 0 Å². The van der Waals surface area contributed by atoms with E-state index in [-0.39, 0.29) is 4.90 Å². The molecule has 0 amide bonds. The lowest BCUT2D eigenvalue weighted by Crippen LogP contribution is -2.49. The predicted molar refractivity (Wildman–Crippen MR) is 120 cm³/mol. The fraction of sp³-hybridized carbons (Fsp3) is 0.524. The van der Waals surface area contributed by atoms with E-state index in [9.17, 15) is 8.42 Å². The number of anilines is 2. The van der Waals surface area contributed by atoms with Crippen molar-refractivity contribution in [2.75, 3.05) is 49.1 Å². The highest BCUT2D eigenvalue weighted by Crippen LogP contribution is 2.27. The molecule has 2 saturated heterocycles. The Hall–Kier alpha value is -1.90. The van der Waals surface area contributed by atoms with Gasteiger partial charge in [0.2, 0.25) is 16.0 Å². The van der Waals surface area contributed by atoms with Crippen LogP contribution in [0, 0.1) is 13.8 Å². The van der Waals surface area contributed by atoms with Crippen LogP contribution in [-0.4, -0.2) is 62.0 Å². The van der Waals surface area contributed by atoms with Crippen molar-refractivity contribution in [2.24, 2.45) is 0 Å². The maximum absolute atomic E-state index is 13.1. The number of piperazine rings is 1. The number of sulfonamides is 1. The fourth-order valence-corrected chi connectivity index (χ4v) is 6.00. The smallest absolute Gasteiger partial charge is 0.243 e. The Balaban J connectivity index is 1.49. The molecule has 4 rings (SSSR count). The largest absolute Gasteiger partial charge is 0.356 e. The van der Waals surface area contributed by atoms with Gasteiger partial charge in [0, 0.05) is 56.1 Å². The molecule has 7 nitrogen and oxygen atoms in total. The highest BCUT2D eigenvalue weighted by molar-refractivity contribution is 7.89. The number of aromatic nitrogens is 2. The second-order valence-corrected chi connectivity index (χ2v) is 10.3. The van der Waals surface area contributed by atoms with E-state index >= 15 is 0 Å². The molecule has 2 fully saturated rings. The molecule has 162 valence electrons. The molecule has 0 unspecified atom stereocenters. The Morgan fingerprint density at radius 3 is 2.30 bits per heavy atom. The summed E-state index contributed by atoms with van der Waals surface area (Å²) in [7, 11) is -3.58. The van der Waals surface area contributed by atoms with Gasteiger partial charge in [0.15, 0.2) is 0 Å². The van der Waals surface area contributed by atoms with Gasteiger partial charge in [-0.2, -0.15) is 9.29 Å². The Morgan fingerprint density at radius 1 is 0.900 bits per heavy atom. The standard InChI is InChI=1S/C21H28ClN5O2S/c1-16-15-20(25-9-4-3-5-10-25)24-21(23-16)26-11-13-27(14-12-26)30(28,29)19-8-6-7-18(22)17(19)2/h6-8,15H,3-5,9-14H2,1-2H3. The quantitative estimate of drug-likeness (QED) is 0.713. The summed E-state index contributed by atoms with van der Waals surface area (Å²) in [6.45, 7) is 7.69. The Bertz CT molecular complexity index is 1020. The van der Waals surface area contributed by atoms with Crippen LogP contribution in [0.4, 0.5) is 11.8 Å². The summed E-state index contributed by atoms with van der Waals surface area (Å²) in [6, 6.07) is 7.05. The Morgan fingerprint density at radius 2 is 1.60 bits per heavy atom. The molecule has 0 spiro atoms. The van der Waals surface area contributed by atoms with E-state index < -0.39 is 10.0 Å². The zero-order valence-electron chi connectivity index (χ0n) is 17.5. The molecule has 30 heavy (non-hydrogen) atoms. The topological polar surface area (TPSA) is 69.6 Å². The van der Waals surface area contributed by atoms with Gasteiger partial charge in [-0.1, -0.05) is 17.7 Å². The van der Waals surface area contributed by atoms with Crippen molar-refractivity contribution >= 4 is 33.4 Å². The first-order valence-electron chi connectivity index (χ1n) is 10.5. The average molecular weight is 450 g/mol. The van der Waals surface area contributed by atoms with Crippen LogP contribution in [0.1, 0.15) is 30.5 Å². The van der Waals surface area contributed by atoms with Crippen molar-refractivity contribution in [2.45, 2.75) is 38.0 Å². The van der Waals surface area contributed by atoms with Gasteiger partial charge in [-0.05, 0) is 50.8 Å². The number of rotatable bonds is 4. The van der Waals surface area contributed by atoms with Crippen molar-refractivity contribution in [1.29, 1.82) is 0 Å². The summed E-state index contributed by atoms with van der Waals surface area (Å²) in [4.78, 5) is 14.1. The van der Waals surface area contributed by atoms with E-state index in [1.807, 2.05) is 13.0 Å². The average Bonchev–Trinajstić information content (AvgIpc) is 2.76. The summed E-state index contributed by atoms with van der Waals surface area (Å²) in [5, 5.41) is 0.466. The van der Waals surface area contributed by atoms with Crippen molar-refractivity contribution < 1.29 is 8.42 Å². The first-order chi connectivity index (χ1) is 14.4. The third kappa shape index (κ3) is 4.26. The first-order valence-corrected chi connectivity index (χ1v) is 12.3. The Labute approximate surface area is 183 Å². The minimum absolute atomic E-state index is 0.280. The van der Waals surface area contributed by atoms with Crippen LogP contribution < -0.4 is 9.80 Å². The molecule has 1 aromatic heterocycles. The molecule has 2 aliphatic rings. The summed E-state index contributed by atoms with van der Waals surface area (Å²) in [6.07, 6.45) is 3.66. The van der Waals surface area contributed by atoms with Crippen molar-refractivity contribution in [1.82, 2.24) is 14.3 Å². The van der Waals surface area contributed by atoms with Crippen LogP contribution in [0.25, 0.3) is 0 Å². The number of nitrogens with zero attached hydrogens (tertiary/aromatic N) is 5. The Kier molecular flexibility index (Phi) is 6.18. The lowest BCUT2D eigenvalue weighted by Gasteiger charge is -2.35. The lowest BCUT2D eigenvalue weighted by molar-refractivity contribution is 0.382. The number of aryl methyl sites for hydroxylation is 1. The molecule has 2 aromatic rings. The monoisotopic (exact) mass is 449 g/mol. The van der Waals surface area contributed by atoms with Crippen LogP contribution in [0.3, 0.4) is 0 Å². The maximum atomic E-state index is 13.1. The number of piperidine rings is 1. The van der Waals surface area contributed by atoms with E-state index in [0.717, 1.165) is 24.6 Å². The summed E-state index contributed by atoms with van der Waals surface area (Å²) < 4.78 is 27.8. The van der Waals surface area contributed by atoms with E-state index in [1.165, 1.54) is 23.6 Å². The molecule has 0 atom stereocenters. The fourth-order valence-electron chi connectivity index (χ4n) is 4.10. The number of halogens is 1. The molecule has 0 aliphatic carbocycles. The second kappa shape index (κ2) is 8.69. The van der Waals surface area contributed by atoms with E-state index in [4.69, 9.17) is 16.6 Å². The van der Waals surface area contributed by atoms with Gasteiger partial charge in [0.1, 0.15) is 5.82 Å². The van der Waals surface area contributed by atoms with Gasteiger partial charge in [-0.15, -0.1) is 0 Å². The molecule has 2 aliphatic heterocycles. The highest BCUT2D eigenvalue weighted by Gasteiger charge is 2.31. The minimum Gasteiger partial charge on any atom is -0.356 e. The molecule has 1 aromatic carbocycles. The molecule has 3 heterocycles. The normalized spacial score (nSPS) is 18.6. The van der Waals surface area contributed by atoms with Gasteiger partial charge in [-0.25, -0.2) is 13.4 Å². The third-order valence-corrected chi connectivity index (χ3v) is 8.32. The number of hydrogen-bond donors (Lipinski definition) is 0. The molecular formula is C21H28ClN5O2S. The molecular weight excluding hydrogens is 422 g/mol. The molecule has 0 N–H and O–H groups in total. The number of benzene rings is 1.